The molecular formula is C6H12BNO. The molecule has 0 saturated heterocycles. The summed E-state index contributed by atoms with van der Waals surface area (Å²) in [6, 6.07) is 0. The third-order valence-corrected chi connectivity index (χ3v) is 1.66. The second kappa shape index (κ2) is 2.54. The Morgan fingerprint density at radius 2 is 2.44 bits per heavy atom. The van der Waals surface area contributed by atoms with Gasteiger partial charge in [0, 0.05) is 13.1 Å². The lowest BCUT2D eigenvalue weighted by Crippen LogP contribution is -2.34. The molecule has 1 aliphatic rings. The van der Waals surface area contributed by atoms with Gasteiger partial charge in [0.05, 0.1) is 0 Å². The van der Waals surface area contributed by atoms with Crippen LogP contribution in [0.4, 0.5) is 0 Å². The summed E-state index contributed by atoms with van der Waals surface area (Å²) in [5, 5.41) is 9.06. The van der Waals surface area contributed by atoms with Crippen molar-refractivity contribution < 1.29 is 5.02 Å². The molecule has 1 aliphatic heterocycles. The monoisotopic (exact) mass is 125 g/mol. The maximum atomic E-state index is 9.06. The molecule has 0 amide bonds. The normalized spacial score (nSPS) is 20.1. The molecule has 0 radical (unpaired) electrons. The zero-order chi connectivity index (χ0) is 6.85. The highest BCUT2D eigenvalue weighted by atomic mass is 16.2. The molecule has 0 aromatic rings. The smallest absolute Gasteiger partial charge is 0.376 e. The first-order valence-electron chi connectivity index (χ1n) is 3.28. The van der Waals surface area contributed by atoms with Crippen molar-refractivity contribution in [2.75, 3.05) is 13.1 Å². The van der Waals surface area contributed by atoms with Crippen LogP contribution in [0.3, 0.4) is 0 Å². The van der Waals surface area contributed by atoms with Crippen LogP contribution in [0, 0.1) is 0 Å². The van der Waals surface area contributed by atoms with Gasteiger partial charge in [-0.15, -0.1) is 0 Å². The summed E-state index contributed by atoms with van der Waals surface area (Å²) in [6.07, 6.45) is 2.15. The predicted molar refractivity (Wildman–Crippen MR) is 39.2 cm³/mol. The van der Waals surface area contributed by atoms with E-state index in [2.05, 4.69) is 13.0 Å². The van der Waals surface area contributed by atoms with Crippen LogP contribution in [-0.2, 0) is 0 Å². The summed E-state index contributed by atoms with van der Waals surface area (Å²) in [7, 11) is -0.293. The highest BCUT2D eigenvalue weighted by Gasteiger charge is 2.18. The summed E-state index contributed by atoms with van der Waals surface area (Å²) in [6.45, 7) is 5.72. The lowest BCUT2D eigenvalue weighted by Gasteiger charge is -2.14. The molecule has 0 spiro atoms. The van der Waals surface area contributed by atoms with Gasteiger partial charge in [-0.05, 0) is 13.7 Å². The minimum Gasteiger partial charge on any atom is -0.437 e. The Morgan fingerprint density at radius 1 is 1.78 bits per heavy atom. The lowest BCUT2D eigenvalue weighted by molar-refractivity contribution is 0.431. The van der Waals surface area contributed by atoms with Gasteiger partial charge in [-0.25, -0.2) is 0 Å². The van der Waals surface area contributed by atoms with Crippen molar-refractivity contribution in [2.45, 2.75) is 13.7 Å². The first-order valence-corrected chi connectivity index (χ1v) is 3.28. The van der Waals surface area contributed by atoms with Gasteiger partial charge in [0.2, 0.25) is 0 Å². The van der Waals surface area contributed by atoms with Crippen molar-refractivity contribution in [3.63, 3.8) is 0 Å². The molecule has 0 atom stereocenters. The van der Waals surface area contributed by atoms with Crippen LogP contribution in [0.1, 0.15) is 6.92 Å². The van der Waals surface area contributed by atoms with Crippen LogP contribution < -0.4 is 0 Å². The van der Waals surface area contributed by atoms with Gasteiger partial charge < -0.3 is 9.83 Å². The molecule has 1 rings (SSSR count). The molecule has 0 aromatic carbocycles. The van der Waals surface area contributed by atoms with Crippen LogP contribution in [0.2, 0.25) is 6.82 Å². The van der Waals surface area contributed by atoms with Crippen molar-refractivity contribution >= 4 is 7.05 Å². The number of rotatable bonds is 1. The molecule has 0 aliphatic carbocycles. The molecule has 0 saturated carbocycles. The zero-order valence-electron chi connectivity index (χ0n) is 5.96. The number of hydrogen-bond donors (Lipinski definition) is 1. The SMILES string of the molecule is CB(O)N1CC=C(C)C1. The minimum absolute atomic E-state index is 0.293. The van der Waals surface area contributed by atoms with E-state index >= 15 is 0 Å². The van der Waals surface area contributed by atoms with Crippen LogP contribution in [0.5, 0.6) is 0 Å². The fourth-order valence-electron chi connectivity index (χ4n) is 1.01. The van der Waals surface area contributed by atoms with Crippen LogP contribution in [-0.4, -0.2) is 30.0 Å². The Bertz CT molecular complexity index is 133. The zero-order valence-corrected chi connectivity index (χ0v) is 5.96. The molecular weight excluding hydrogens is 113 g/mol. The van der Waals surface area contributed by atoms with Crippen molar-refractivity contribution in [3.8, 4) is 0 Å². The molecule has 3 heteroatoms. The van der Waals surface area contributed by atoms with Crippen molar-refractivity contribution in [2.24, 2.45) is 0 Å². The minimum atomic E-state index is -0.293. The van der Waals surface area contributed by atoms with Gasteiger partial charge in [0.25, 0.3) is 0 Å². The standard InChI is InChI=1S/C6H12BNO/c1-6-3-4-8(5-6)7(2)9/h3,9H,4-5H2,1-2H3. The largest absolute Gasteiger partial charge is 0.437 e. The first kappa shape index (κ1) is 6.84. The van der Waals surface area contributed by atoms with E-state index in [1.165, 1.54) is 5.57 Å². The van der Waals surface area contributed by atoms with Gasteiger partial charge in [0.1, 0.15) is 0 Å². The van der Waals surface area contributed by atoms with Gasteiger partial charge in [0.15, 0.2) is 0 Å². The molecule has 1 heterocycles. The molecule has 0 bridgehead atoms. The highest BCUT2D eigenvalue weighted by Crippen LogP contribution is 2.07. The Kier molecular flexibility index (Phi) is 1.93. The average Bonchev–Trinajstić information content (AvgIpc) is 2.14. The first-order chi connectivity index (χ1) is 4.20. The molecule has 9 heavy (non-hydrogen) atoms. The molecule has 0 unspecified atom stereocenters. The molecule has 0 fully saturated rings. The van der Waals surface area contributed by atoms with E-state index in [0.29, 0.717) is 0 Å². The van der Waals surface area contributed by atoms with Crippen molar-refractivity contribution in [1.82, 2.24) is 4.81 Å². The average molecular weight is 125 g/mol. The predicted octanol–water partition coefficient (Wildman–Crippen LogP) is 0.359. The molecule has 1 N–H and O–H groups in total. The van der Waals surface area contributed by atoms with E-state index in [4.69, 9.17) is 5.02 Å². The Balaban J connectivity index is 2.37. The highest BCUT2D eigenvalue weighted by molar-refractivity contribution is 6.45. The van der Waals surface area contributed by atoms with Crippen LogP contribution >= 0.6 is 0 Å². The topological polar surface area (TPSA) is 23.5 Å². The van der Waals surface area contributed by atoms with Crippen molar-refractivity contribution in [1.29, 1.82) is 0 Å². The third kappa shape index (κ3) is 1.56. The fourth-order valence-corrected chi connectivity index (χ4v) is 1.01. The Labute approximate surface area is 56.3 Å². The molecule has 50 valence electrons. The van der Waals surface area contributed by atoms with Crippen molar-refractivity contribution in [3.05, 3.63) is 11.6 Å². The van der Waals surface area contributed by atoms with Gasteiger partial charge in [-0.3, -0.25) is 0 Å². The third-order valence-electron chi connectivity index (χ3n) is 1.66. The van der Waals surface area contributed by atoms with E-state index in [9.17, 15) is 0 Å². The molecule has 0 aromatic heterocycles. The quantitative estimate of drug-likeness (QED) is 0.404. The Hall–Kier alpha value is -0.275. The summed E-state index contributed by atoms with van der Waals surface area (Å²) >= 11 is 0. The maximum absolute atomic E-state index is 9.06. The summed E-state index contributed by atoms with van der Waals surface area (Å²) in [5.41, 5.74) is 1.36. The lowest BCUT2D eigenvalue weighted by atomic mass is 9.86. The number of hydrogen-bond acceptors (Lipinski definition) is 2. The summed E-state index contributed by atoms with van der Waals surface area (Å²) < 4.78 is 0. The van der Waals surface area contributed by atoms with Crippen LogP contribution in [0.25, 0.3) is 0 Å². The van der Waals surface area contributed by atoms with Gasteiger partial charge in [-0.1, -0.05) is 11.6 Å². The van der Waals surface area contributed by atoms with E-state index in [1.54, 1.807) is 6.82 Å². The van der Waals surface area contributed by atoms with Crippen LogP contribution in [0.15, 0.2) is 11.6 Å². The second-order valence-electron chi connectivity index (χ2n) is 2.61. The second-order valence-corrected chi connectivity index (χ2v) is 2.61. The van der Waals surface area contributed by atoms with E-state index in [-0.39, 0.29) is 7.05 Å². The summed E-state index contributed by atoms with van der Waals surface area (Å²) in [5.74, 6) is 0. The van der Waals surface area contributed by atoms with E-state index in [0.717, 1.165) is 13.1 Å². The van der Waals surface area contributed by atoms with Gasteiger partial charge >= 0.3 is 7.05 Å². The molecule has 2 nitrogen and oxygen atoms in total. The van der Waals surface area contributed by atoms with E-state index in [1.807, 2.05) is 4.81 Å². The Morgan fingerprint density at radius 3 is 2.67 bits per heavy atom. The summed E-state index contributed by atoms with van der Waals surface area (Å²) in [4.78, 5) is 2.01. The fraction of sp³-hybridized carbons (Fsp3) is 0.667. The maximum Gasteiger partial charge on any atom is 0.376 e. The van der Waals surface area contributed by atoms with E-state index < -0.39 is 0 Å². The van der Waals surface area contributed by atoms with Gasteiger partial charge in [-0.2, -0.15) is 0 Å². The number of nitrogens with zero attached hydrogens (tertiary/aromatic N) is 1.